The SMILES string of the molecule is CCC1(N)CCC(C)=C(C)C1. The van der Waals surface area contributed by atoms with Crippen LogP contribution < -0.4 is 5.73 Å². The maximum Gasteiger partial charge on any atom is 0.0192 e. The Morgan fingerprint density at radius 3 is 2.45 bits per heavy atom. The molecule has 1 rings (SSSR count). The molecule has 0 amide bonds. The number of hydrogen-bond donors (Lipinski definition) is 1. The largest absolute Gasteiger partial charge is 0.325 e. The standard InChI is InChI=1S/C10H19N/c1-4-10(11)6-5-8(2)9(3)7-10/h4-7,11H2,1-3H3. The van der Waals surface area contributed by atoms with Gasteiger partial charge in [0, 0.05) is 5.54 Å². The molecule has 0 heterocycles. The Kier molecular flexibility index (Phi) is 2.38. The minimum absolute atomic E-state index is 0.115. The molecule has 0 aromatic carbocycles. The molecule has 0 spiro atoms. The summed E-state index contributed by atoms with van der Waals surface area (Å²) < 4.78 is 0. The highest BCUT2D eigenvalue weighted by molar-refractivity contribution is 5.18. The van der Waals surface area contributed by atoms with Crippen LogP contribution in [0.15, 0.2) is 11.1 Å². The maximum absolute atomic E-state index is 6.18. The summed E-state index contributed by atoms with van der Waals surface area (Å²) in [5.41, 5.74) is 9.36. The van der Waals surface area contributed by atoms with Crippen molar-refractivity contribution in [2.45, 2.75) is 52.0 Å². The number of allylic oxidation sites excluding steroid dienone is 1. The van der Waals surface area contributed by atoms with Gasteiger partial charge in [-0.15, -0.1) is 0 Å². The zero-order valence-corrected chi connectivity index (χ0v) is 7.91. The van der Waals surface area contributed by atoms with Gasteiger partial charge in [0.1, 0.15) is 0 Å². The van der Waals surface area contributed by atoms with Crippen LogP contribution >= 0.6 is 0 Å². The molecule has 2 N–H and O–H groups in total. The third-order valence-corrected chi connectivity index (χ3v) is 3.05. The van der Waals surface area contributed by atoms with Crippen molar-refractivity contribution in [2.75, 3.05) is 0 Å². The lowest BCUT2D eigenvalue weighted by molar-refractivity contribution is 0.358. The Labute approximate surface area is 69.7 Å². The molecular formula is C10H19N. The van der Waals surface area contributed by atoms with Crippen LogP contribution in [0.5, 0.6) is 0 Å². The molecule has 0 bridgehead atoms. The van der Waals surface area contributed by atoms with Crippen LogP contribution in [0.1, 0.15) is 46.5 Å². The monoisotopic (exact) mass is 153 g/mol. The van der Waals surface area contributed by atoms with E-state index in [4.69, 9.17) is 5.73 Å². The first kappa shape index (κ1) is 8.79. The molecule has 64 valence electrons. The van der Waals surface area contributed by atoms with Crippen molar-refractivity contribution >= 4 is 0 Å². The van der Waals surface area contributed by atoms with Gasteiger partial charge in [0.2, 0.25) is 0 Å². The predicted molar refractivity (Wildman–Crippen MR) is 49.4 cm³/mol. The lowest BCUT2D eigenvalue weighted by Gasteiger charge is -2.33. The van der Waals surface area contributed by atoms with Crippen LogP contribution in [-0.4, -0.2) is 5.54 Å². The predicted octanol–water partition coefficient (Wildman–Crippen LogP) is 2.61. The summed E-state index contributed by atoms with van der Waals surface area (Å²) in [4.78, 5) is 0. The molecule has 1 heteroatoms. The number of rotatable bonds is 1. The molecule has 11 heavy (non-hydrogen) atoms. The van der Waals surface area contributed by atoms with Gasteiger partial charge < -0.3 is 5.73 Å². The number of nitrogens with two attached hydrogens (primary N) is 1. The van der Waals surface area contributed by atoms with Gasteiger partial charge in [-0.25, -0.2) is 0 Å². The highest BCUT2D eigenvalue weighted by Gasteiger charge is 2.26. The van der Waals surface area contributed by atoms with E-state index in [-0.39, 0.29) is 5.54 Å². The van der Waals surface area contributed by atoms with Crippen molar-refractivity contribution in [3.63, 3.8) is 0 Å². The average Bonchev–Trinajstić information content (AvgIpc) is 1.98. The van der Waals surface area contributed by atoms with E-state index in [0.717, 1.165) is 12.8 Å². The fourth-order valence-electron chi connectivity index (χ4n) is 1.72. The minimum Gasteiger partial charge on any atom is -0.325 e. The fraction of sp³-hybridized carbons (Fsp3) is 0.800. The van der Waals surface area contributed by atoms with Crippen LogP contribution in [0.3, 0.4) is 0 Å². The van der Waals surface area contributed by atoms with E-state index in [2.05, 4.69) is 20.8 Å². The van der Waals surface area contributed by atoms with Gasteiger partial charge in [0.05, 0.1) is 0 Å². The average molecular weight is 153 g/mol. The summed E-state index contributed by atoms with van der Waals surface area (Å²) in [7, 11) is 0. The van der Waals surface area contributed by atoms with E-state index < -0.39 is 0 Å². The second-order valence-electron chi connectivity index (χ2n) is 3.95. The summed E-state index contributed by atoms with van der Waals surface area (Å²) >= 11 is 0. The first-order valence-corrected chi connectivity index (χ1v) is 4.51. The molecule has 0 saturated heterocycles. The molecular weight excluding hydrogens is 134 g/mol. The van der Waals surface area contributed by atoms with Gasteiger partial charge in [0.25, 0.3) is 0 Å². The third kappa shape index (κ3) is 1.84. The molecule has 0 aromatic heterocycles. The molecule has 1 aliphatic carbocycles. The Balaban J connectivity index is 2.71. The van der Waals surface area contributed by atoms with Gasteiger partial charge >= 0.3 is 0 Å². The molecule has 0 aliphatic heterocycles. The summed E-state index contributed by atoms with van der Waals surface area (Å²) in [6.45, 7) is 6.63. The zero-order valence-electron chi connectivity index (χ0n) is 7.91. The summed E-state index contributed by atoms with van der Waals surface area (Å²) in [6.07, 6.45) is 4.59. The normalized spacial score (nSPS) is 32.7. The van der Waals surface area contributed by atoms with Gasteiger partial charge in [-0.05, 0) is 39.5 Å². The van der Waals surface area contributed by atoms with Crippen molar-refractivity contribution in [3.05, 3.63) is 11.1 Å². The van der Waals surface area contributed by atoms with Crippen molar-refractivity contribution in [1.82, 2.24) is 0 Å². The van der Waals surface area contributed by atoms with Crippen LogP contribution in [-0.2, 0) is 0 Å². The van der Waals surface area contributed by atoms with E-state index in [1.807, 2.05) is 0 Å². The van der Waals surface area contributed by atoms with E-state index >= 15 is 0 Å². The zero-order chi connectivity index (χ0) is 8.48. The molecule has 1 nitrogen and oxygen atoms in total. The Morgan fingerprint density at radius 1 is 1.36 bits per heavy atom. The first-order valence-electron chi connectivity index (χ1n) is 4.51. The second kappa shape index (κ2) is 2.98. The van der Waals surface area contributed by atoms with E-state index in [1.165, 1.54) is 18.4 Å². The highest BCUT2D eigenvalue weighted by Crippen LogP contribution is 2.32. The topological polar surface area (TPSA) is 26.0 Å². The van der Waals surface area contributed by atoms with Gasteiger partial charge in [-0.2, -0.15) is 0 Å². The van der Waals surface area contributed by atoms with E-state index in [0.29, 0.717) is 0 Å². The van der Waals surface area contributed by atoms with Crippen molar-refractivity contribution in [3.8, 4) is 0 Å². The van der Waals surface area contributed by atoms with E-state index in [1.54, 1.807) is 5.57 Å². The fourth-order valence-corrected chi connectivity index (χ4v) is 1.72. The van der Waals surface area contributed by atoms with Crippen molar-refractivity contribution in [1.29, 1.82) is 0 Å². The van der Waals surface area contributed by atoms with Crippen molar-refractivity contribution in [2.24, 2.45) is 5.73 Å². The number of hydrogen-bond acceptors (Lipinski definition) is 1. The quantitative estimate of drug-likeness (QED) is 0.576. The molecule has 0 radical (unpaired) electrons. The third-order valence-electron chi connectivity index (χ3n) is 3.05. The van der Waals surface area contributed by atoms with Gasteiger partial charge in [-0.1, -0.05) is 18.1 Å². The molecule has 0 aromatic rings. The van der Waals surface area contributed by atoms with Crippen molar-refractivity contribution < 1.29 is 0 Å². The molecule has 0 fully saturated rings. The lowest BCUT2D eigenvalue weighted by Crippen LogP contribution is -2.41. The molecule has 0 saturated carbocycles. The van der Waals surface area contributed by atoms with Crippen LogP contribution in [0, 0.1) is 0 Å². The summed E-state index contributed by atoms with van der Waals surface area (Å²) in [5.74, 6) is 0. The first-order chi connectivity index (χ1) is 5.07. The van der Waals surface area contributed by atoms with Crippen LogP contribution in [0.2, 0.25) is 0 Å². The minimum atomic E-state index is 0.115. The Bertz CT molecular complexity index is 181. The Morgan fingerprint density at radius 2 is 2.00 bits per heavy atom. The van der Waals surface area contributed by atoms with Gasteiger partial charge in [-0.3, -0.25) is 0 Å². The molecule has 1 atom stereocenters. The van der Waals surface area contributed by atoms with Gasteiger partial charge in [0.15, 0.2) is 0 Å². The highest BCUT2D eigenvalue weighted by atomic mass is 14.7. The lowest BCUT2D eigenvalue weighted by atomic mass is 9.78. The molecule has 1 aliphatic rings. The van der Waals surface area contributed by atoms with Crippen LogP contribution in [0.4, 0.5) is 0 Å². The van der Waals surface area contributed by atoms with Crippen LogP contribution in [0.25, 0.3) is 0 Å². The summed E-state index contributed by atoms with van der Waals surface area (Å²) in [5, 5.41) is 0. The smallest absolute Gasteiger partial charge is 0.0192 e. The maximum atomic E-state index is 6.18. The summed E-state index contributed by atoms with van der Waals surface area (Å²) in [6, 6.07) is 0. The molecule has 1 unspecified atom stereocenters. The van der Waals surface area contributed by atoms with E-state index in [9.17, 15) is 0 Å². The Hall–Kier alpha value is -0.300. The second-order valence-corrected chi connectivity index (χ2v) is 3.95.